The summed E-state index contributed by atoms with van der Waals surface area (Å²) in [5, 5.41) is 11.4. The molecule has 0 saturated carbocycles. The normalized spacial score (nSPS) is 10.6. The molecule has 140 valence electrons. The number of halogens is 1. The number of aromatic nitrogens is 5. The summed E-state index contributed by atoms with van der Waals surface area (Å²) in [5.74, 6) is -0.931. The first kappa shape index (κ1) is 18.6. The second-order valence-electron chi connectivity index (χ2n) is 5.61. The van der Waals surface area contributed by atoms with Crippen molar-refractivity contribution in [2.75, 3.05) is 11.9 Å². The Balaban J connectivity index is 1.66. The highest BCUT2D eigenvalue weighted by molar-refractivity contribution is 6.30. The maximum absolute atomic E-state index is 12.3. The Kier molecular flexibility index (Phi) is 5.51. The van der Waals surface area contributed by atoms with E-state index in [9.17, 15) is 9.59 Å². The standard InChI is InChI=1S/C17H17ClN6O3/c1-3-27-16(26)14-8-13(21-23(14)2)15(25)20-17-19-10-24(22-17)9-11-4-6-12(18)7-5-11/h4-8,10H,3,9H2,1-2H3,(H,20,22,25). The number of anilines is 1. The monoisotopic (exact) mass is 388 g/mol. The molecule has 9 nitrogen and oxygen atoms in total. The number of hydrogen-bond acceptors (Lipinski definition) is 6. The molecule has 0 bridgehead atoms. The Bertz CT molecular complexity index is 963. The summed E-state index contributed by atoms with van der Waals surface area (Å²) in [6, 6.07) is 8.70. The number of carbonyl (C=O) groups excluding carboxylic acids is 2. The number of nitrogens with one attached hydrogen (secondary N) is 1. The van der Waals surface area contributed by atoms with Crippen LogP contribution in [-0.2, 0) is 18.3 Å². The van der Waals surface area contributed by atoms with Crippen molar-refractivity contribution in [1.29, 1.82) is 0 Å². The molecule has 0 aliphatic carbocycles. The summed E-state index contributed by atoms with van der Waals surface area (Å²) >= 11 is 5.87. The van der Waals surface area contributed by atoms with Gasteiger partial charge in [0, 0.05) is 18.1 Å². The van der Waals surface area contributed by atoms with Crippen LogP contribution in [0.5, 0.6) is 0 Å². The van der Waals surface area contributed by atoms with Crippen LogP contribution in [0.2, 0.25) is 5.02 Å². The predicted octanol–water partition coefficient (Wildman–Crippen LogP) is 2.14. The van der Waals surface area contributed by atoms with E-state index in [2.05, 4.69) is 20.5 Å². The zero-order chi connectivity index (χ0) is 19.4. The Morgan fingerprint density at radius 2 is 1.96 bits per heavy atom. The number of benzene rings is 1. The Morgan fingerprint density at radius 1 is 1.22 bits per heavy atom. The average Bonchev–Trinajstić information content (AvgIpc) is 3.23. The minimum absolute atomic E-state index is 0.0644. The molecule has 0 unspecified atom stereocenters. The van der Waals surface area contributed by atoms with Crippen LogP contribution in [0.15, 0.2) is 36.7 Å². The number of ether oxygens (including phenoxy) is 1. The summed E-state index contributed by atoms with van der Waals surface area (Å²) in [5.41, 5.74) is 1.24. The van der Waals surface area contributed by atoms with Crippen molar-refractivity contribution in [2.45, 2.75) is 13.5 Å². The summed E-state index contributed by atoms with van der Waals surface area (Å²) in [4.78, 5) is 28.2. The maximum Gasteiger partial charge on any atom is 0.356 e. The van der Waals surface area contributed by atoms with Crippen LogP contribution in [0.3, 0.4) is 0 Å². The number of amides is 1. The smallest absolute Gasteiger partial charge is 0.356 e. The van der Waals surface area contributed by atoms with E-state index in [4.69, 9.17) is 16.3 Å². The van der Waals surface area contributed by atoms with Crippen LogP contribution in [0, 0.1) is 0 Å². The van der Waals surface area contributed by atoms with E-state index >= 15 is 0 Å². The summed E-state index contributed by atoms with van der Waals surface area (Å²) < 4.78 is 7.80. The molecule has 3 aromatic rings. The second-order valence-corrected chi connectivity index (χ2v) is 6.04. The fraction of sp³-hybridized carbons (Fsp3) is 0.235. The highest BCUT2D eigenvalue weighted by atomic mass is 35.5. The molecule has 1 N–H and O–H groups in total. The number of hydrogen-bond donors (Lipinski definition) is 1. The molecule has 0 atom stereocenters. The van der Waals surface area contributed by atoms with Gasteiger partial charge in [0.05, 0.1) is 13.2 Å². The van der Waals surface area contributed by atoms with Crippen molar-refractivity contribution in [3.63, 3.8) is 0 Å². The first-order valence-electron chi connectivity index (χ1n) is 8.12. The van der Waals surface area contributed by atoms with Gasteiger partial charge in [-0.1, -0.05) is 23.7 Å². The fourth-order valence-corrected chi connectivity index (χ4v) is 2.47. The molecule has 10 heteroatoms. The van der Waals surface area contributed by atoms with E-state index in [0.717, 1.165) is 5.56 Å². The Morgan fingerprint density at radius 3 is 2.67 bits per heavy atom. The molecule has 27 heavy (non-hydrogen) atoms. The molecule has 1 amide bonds. The van der Waals surface area contributed by atoms with Crippen molar-refractivity contribution in [2.24, 2.45) is 7.05 Å². The van der Waals surface area contributed by atoms with Crippen LogP contribution in [0.1, 0.15) is 33.5 Å². The van der Waals surface area contributed by atoms with Gasteiger partial charge in [-0.2, -0.15) is 5.10 Å². The molecular formula is C17H17ClN6O3. The molecule has 0 spiro atoms. The third kappa shape index (κ3) is 4.50. The van der Waals surface area contributed by atoms with Crippen LogP contribution < -0.4 is 5.32 Å². The number of nitrogens with zero attached hydrogens (tertiary/aromatic N) is 5. The minimum Gasteiger partial charge on any atom is -0.461 e. The SMILES string of the molecule is CCOC(=O)c1cc(C(=O)Nc2ncn(Cc3ccc(Cl)cc3)n2)nn1C. The van der Waals surface area contributed by atoms with Crippen LogP contribution in [0.4, 0.5) is 5.95 Å². The number of aryl methyl sites for hydroxylation is 1. The highest BCUT2D eigenvalue weighted by Crippen LogP contribution is 2.11. The largest absolute Gasteiger partial charge is 0.461 e. The van der Waals surface area contributed by atoms with E-state index in [1.54, 1.807) is 30.8 Å². The molecule has 3 rings (SSSR count). The third-order valence-corrected chi connectivity index (χ3v) is 3.87. The van der Waals surface area contributed by atoms with Crippen molar-refractivity contribution < 1.29 is 14.3 Å². The minimum atomic E-state index is -0.545. The van der Waals surface area contributed by atoms with Crippen molar-refractivity contribution in [1.82, 2.24) is 24.5 Å². The fourth-order valence-electron chi connectivity index (χ4n) is 2.34. The van der Waals surface area contributed by atoms with Gasteiger partial charge in [0.1, 0.15) is 12.0 Å². The van der Waals surface area contributed by atoms with Gasteiger partial charge in [0.2, 0.25) is 5.95 Å². The molecule has 0 aliphatic heterocycles. The molecule has 2 aromatic heterocycles. The van der Waals surface area contributed by atoms with Gasteiger partial charge in [-0.3, -0.25) is 14.8 Å². The van der Waals surface area contributed by atoms with E-state index in [1.807, 2.05) is 12.1 Å². The summed E-state index contributed by atoms with van der Waals surface area (Å²) in [7, 11) is 1.56. The van der Waals surface area contributed by atoms with Gasteiger partial charge < -0.3 is 4.74 Å². The molecule has 0 aliphatic rings. The zero-order valence-corrected chi connectivity index (χ0v) is 15.5. The Hall–Kier alpha value is -3.20. The molecule has 2 heterocycles. The number of rotatable bonds is 6. The highest BCUT2D eigenvalue weighted by Gasteiger charge is 2.19. The quantitative estimate of drug-likeness (QED) is 0.649. The van der Waals surface area contributed by atoms with Crippen molar-refractivity contribution in [3.8, 4) is 0 Å². The molecular weight excluding hydrogens is 372 g/mol. The van der Waals surface area contributed by atoms with Crippen molar-refractivity contribution >= 4 is 29.4 Å². The molecule has 0 radical (unpaired) electrons. The number of carbonyl (C=O) groups is 2. The third-order valence-electron chi connectivity index (χ3n) is 3.62. The zero-order valence-electron chi connectivity index (χ0n) is 14.7. The van der Waals surface area contributed by atoms with Gasteiger partial charge >= 0.3 is 5.97 Å². The van der Waals surface area contributed by atoms with Gasteiger partial charge in [-0.15, -0.1) is 5.10 Å². The van der Waals surface area contributed by atoms with E-state index in [0.29, 0.717) is 11.6 Å². The van der Waals surface area contributed by atoms with E-state index in [-0.39, 0.29) is 23.9 Å². The van der Waals surface area contributed by atoms with Crippen LogP contribution >= 0.6 is 11.6 Å². The van der Waals surface area contributed by atoms with Gasteiger partial charge in [0.25, 0.3) is 5.91 Å². The van der Waals surface area contributed by atoms with E-state index < -0.39 is 11.9 Å². The number of esters is 1. The average molecular weight is 389 g/mol. The molecule has 0 saturated heterocycles. The lowest BCUT2D eigenvalue weighted by atomic mass is 10.2. The van der Waals surface area contributed by atoms with Gasteiger partial charge in [-0.25, -0.2) is 14.5 Å². The lowest BCUT2D eigenvalue weighted by molar-refractivity contribution is 0.0513. The van der Waals surface area contributed by atoms with Crippen LogP contribution in [0.25, 0.3) is 0 Å². The molecule has 0 fully saturated rings. The predicted molar refractivity (Wildman–Crippen MR) is 97.7 cm³/mol. The van der Waals surface area contributed by atoms with E-state index in [1.165, 1.54) is 17.1 Å². The molecule has 1 aromatic carbocycles. The summed E-state index contributed by atoms with van der Waals surface area (Å²) in [6.07, 6.45) is 1.51. The van der Waals surface area contributed by atoms with Gasteiger partial charge in [-0.05, 0) is 24.6 Å². The first-order chi connectivity index (χ1) is 13.0. The van der Waals surface area contributed by atoms with Crippen molar-refractivity contribution in [3.05, 3.63) is 58.6 Å². The lowest BCUT2D eigenvalue weighted by Gasteiger charge is -2.01. The Labute approximate surface area is 159 Å². The first-order valence-corrected chi connectivity index (χ1v) is 8.50. The maximum atomic E-state index is 12.3. The summed E-state index contributed by atoms with van der Waals surface area (Å²) in [6.45, 7) is 2.42. The topological polar surface area (TPSA) is 104 Å². The van der Waals surface area contributed by atoms with Gasteiger partial charge in [0.15, 0.2) is 5.69 Å². The lowest BCUT2D eigenvalue weighted by Crippen LogP contribution is -2.14. The van der Waals surface area contributed by atoms with Crippen LogP contribution in [-0.4, -0.2) is 43.0 Å². The second kappa shape index (κ2) is 8.00.